The summed E-state index contributed by atoms with van der Waals surface area (Å²) in [5.74, 6) is 0.115. The molecule has 0 aromatic heterocycles. The molecule has 1 aromatic carbocycles. The fourth-order valence-electron chi connectivity index (χ4n) is 1.26. The zero-order valence-corrected chi connectivity index (χ0v) is 6.05. The number of rotatable bonds is 0. The van der Waals surface area contributed by atoms with Crippen LogP contribution in [0.5, 0.6) is 0 Å². The topological polar surface area (TPSA) is 29.1 Å². The van der Waals surface area contributed by atoms with E-state index >= 15 is 0 Å². The Morgan fingerprint density at radius 3 is 3.27 bits per heavy atom. The van der Waals surface area contributed by atoms with Gasteiger partial charge in [-0.1, -0.05) is 12.1 Å². The Morgan fingerprint density at radius 2 is 2.36 bits per heavy atom. The second-order valence-electron chi connectivity index (χ2n) is 2.65. The fourth-order valence-corrected chi connectivity index (χ4v) is 1.26. The molecular formula is C9H8NO. The number of fused-ring (bicyclic) bond motifs is 1. The van der Waals surface area contributed by atoms with Gasteiger partial charge >= 0.3 is 0 Å². The summed E-state index contributed by atoms with van der Waals surface area (Å²) in [6, 6.07) is 8.71. The molecule has 0 saturated heterocycles. The molecule has 0 saturated carbocycles. The zero-order valence-electron chi connectivity index (χ0n) is 6.05. The van der Waals surface area contributed by atoms with Gasteiger partial charge in [0, 0.05) is 6.54 Å². The van der Waals surface area contributed by atoms with Crippen molar-refractivity contribution in [3.05, 3.63) is 35.4 Å². The largest absolute Gasteiger partial charge is 0.352 e. The first kappa shape index (κ1) is 6.40. The van der Waals surface area contributed by atoms with Gasteiger partial charge in [-0.05, 0) is 23.3 Å². The standard InChI is InChI=1S/C9H8NO/c11-9-5-7-3-1-2-4-8(7)6-10-9/h1,3-4H,5-6H2,(H,10,11). The van der Waals surface area contributed by atoms with Crippen LogP contribution in [0, 0.1) is 6.07 Å². The maximum absolute atomic E-state index is 10.9. The number of benzene rings is 1. The fraction of sp³-hybridized carbons (Fsp3) is 0.222. The maximum atomic E-state index is 10.9. The number of nitrogens with one attached hydrogen (secondary N) is 1. The Hall–Kier alpha value is -1.31. The van der Waals surface area contributed by atoms with Crippen molar-refractivity contribution in [2.24, 2.45) is 0 Å². The molecule has 1 heterocycles. The molecule has 55 valence electrons. The molecule has 1 N–H and O–H groups in total. The highest BCUT2D eigenvalue weighted by atomic mass is 16.1. The predicted octanol–water partition coefficient (Wildman–Crippen LogP) is 0.659. The van der Waals surface area contributed by atoms with Crippen LogP contribution in [0.25, 0.3) is 0 Å². The molecule has 1 radical (unpaired) electrons. The number of carbonyl (C=O) groups excluding carboxylic acids is 1. The van der Waals surface area contributed by atoms with E-state index in [9.17, 15) is 4.79 Å². The van der Waals surface area contributed by atoms with Crippen LogP contribution in [0.4, 0.5) is 0 Å². The van der Waals surface area contributed by atoms with Crippen LogP contribution in [0.1, 0.15) is 11.1 Å². The maximum Gasteiger partial charge on any atom is 0.224 e. The van der Waals surface area contributed by atoms with Crippen LogP contribution in [-0.2, 0) is 17.8 Å². The van der Waals surface area contributed by atoms with Gasteiger partial charge < -0.3 is 5.32 Å². The van der Waals surface area contributed by atoms with E-state index in [1.54, 1.807) is 0 Å². The number of hydrogen-bond acceptors (Lipinski definition) is 1. The molecule has 1 aliphatic rings. The number of amides is 1. The Bertz CT molecular complexity index is 293. The SMILES string of the molecule is O=C1Cc2cc[c]cc2CN1. The van der Waals surface area contributed by atoms with Crippen molar-refractivity contribution in [3.63, 3.8) is 0 Å². The van der Waals surface area contributed by atoms with Crippen LogP contribution in [0.2, 0.25) is 0 Å². The molecule has 0 unspecified atom stereocenters. The number of hydrogen-bond donors (Lipinski definition) is 1. The second kappa shape index (κ2) is 2.38. The average molecular weight is 146 g/mol. The third-order valence-corrected chi connectivity index (χ3v) is 1.88. The molecule has 0 spiro atoms. The van der Waals surface area contributed by atoms with Crippen LogP contribution in [0.15, 0.2) is 18.2 Å². The molecule has 2 nitrogen and oxygen atoms in total. The predicted molar refractivity (Wildman–Crippen MR) is 40.8 cm³/mol. The summed E-state index contributed by atoms with van der Waals surface area (Å²) in [6.45, 7) is 0.658. The molecule has 0 aliphatic carbocycles. The van der Waals surface area contributed by atoms with Crippen molar-refractivity contribution in [2.45, 2.75) is 13.0 Å². The van der Waals surface area contributed by atoms with E-state index in [1.165, 1.54) is 5.56 Å². The molecule has 1 aromatic rings. The van der Waals surface area contributed by atoms with E-state index in [4.69, 9.17) is 0 Å². The normalized spacial score (nSPS) is 15.5. The van der Waals surface area contributed by atoms with Crippen molar-refractivity contribution in [3.8, 4) is 0 Å². The molecule has 0 atom stereocenters. The minimum Gasteiger partial charge on any atom is -0.352 e. The van der Waals surface area contributed by atoms with Gasteiger partial charge in [-0.25, -0.2) is 0 Å². The summed E-state index contributed by atoms with van der Waals surface area (Å²) in [6.07, 6.45) is 0.518. The van der Waals surface area contributed by atoms with E-state index in [-0.39, 0.29) is 5.91 Å². The van der Waals surface area contributed by atoms with Gasteiger partial charge in [0.2, 0.25) is 5.91 Å². The van der Waals surface area contributed by atoms with Gasteiger partial charge in [-0.2, -0.15) is 0 Å². The molecule has 2 heteroatoms. The zero-order chi connectivity index (χ0) is 7.68. The average Bonchev–Trinajstić information content (AvgIpc) is 2.04. The Balaban J connectivity index is 2.41. The molecular weight excluding hydrogens is 138 g/mol. The van der Waals surface area contributed by atoms with Crippen molar-refractivity contribution in [1.82, 2.24) is 5.32 Å². The minimum absolute atomic E-state index is 0.115. The molecule has 0 bridgehead atoms. The summed E-state index contributed by atoms with van der Waals surface area (Å²) >= 11 is 0. The summed E-state index contributed by atoms with van der Waals surface area (Å²) < 4.78 is 0. The van der Waals surface area contributed by atoms with Crippen molar-refractivity contribution in [2.75, 3.05) is 0 Å². The van der Waals surface area contributed by atoms with Gasteiger partial charge in [0.05, 0.1) is 6.42 Å². The lowest BCUT2D eigenvalue weighted by Gasteiger charge is -2.15. The first-order valence-corrected chi connectivity index (χ1v) is 3.61. The minimum atomic E-state index is 0.115. The van der Waals surface area contributed by atoms with Crippen LogP contribution < -0.4 is 5.32 Å². The first-order chi connectivity index (χ1) is 5.36. The van der Waals surface area contributed by atoms with E-state index < -0.39 is 0 Å². The van der Waals surface area contributed by atoms with Gasteiger partial charge in [0.15, 0.2) is 0 Å². The highest BCUT2D eigenvalue weighted by Gasteiger charge is 2.12. The van der Waals surface area contributed by atoms with Gasteiger partial charge in [0.25, 0.3) is 0 Å². The lowest BCUT2D eigenvalue weighted by atomic mass is 10.0. The van der Waals surface area contributed by atoms with Crippen molar-refractivity contribution < 1.29 is 4.79 Å². The third kappa shape index (κ3) is 1.11. The Kier molecular flexibility index (Phi) is 1.39. The Morgan fingerprint density at radius 1 is 1.45 bits per heavy atom. The summed E-state index contributed by atoms with van der Waals surface area (Å²) in [5.41, 5.74) is 2.32. The first-order valence-electron chi connectivity index (χ1n) is 3.61. The lowest BCUT2D eigenvalue weighted by molar-refractivity contribution is -0.121. The van der Waals surface area contributed by atoms with Gasteiger partial charge in [-0.15, -0.1) is 0 Å². The Labute approximate surface area is 65.2 Å². The molecule has 1 aliphatic heterocycles. The van der Waals surface area contributed by atoms with Gasteiger partial charge in [0.1, 0.15) is 0 Å². The lowest BCUT2D eigenvalue weighted by Crippen LogP contribution is -2.29. The van der Waals surface area contributed by atoms with Crippen LogP contribution >= 0.6 is 0 Å². The highest BCUT2D eigenvalue weighted by molar-refractivity contribution is 5.80. The van der Waals surface area contributed by atoms with Gasteiger partial charge in [-0.3, -0.25) is 4.79 Å². The smallest absolute Gasteiger partial charge is 0.224 e. The quantitative estimate of drug-likeness (QED) is 0.572. The molecule has 0 fully saturated rings. The highest BCUT2D eigenvalue weighted by Crippen LogP contribution is 2.12. The van der Waals surface area contributed by atoms with E-state index in [2.05, 4.69) is 11.4 Å². The second-order valence-corrected chi connectivity index (χ2v) is 2.65. The number of carbonyl (C=O) groups is 1. The summed E-state index contributed by atoms with van der Waals surface area (Å²) in [7, 11) is 0. The van der Waals surface area contributed by atoms with E-state index in [0.717, 1.165) is 5.56 Å². The van der Waals surface area contributed by atoms with E-state index in [1.807, 2.05) is 18.2 Å². The van der Waals surface area contributed by atoms with Crippen molar-refractivity contribution in [1.29, 1.82) is 0 Å². The summed E-state index contributed by atoms with van der Waals surface area (Å²) in [4.78, 5) is 10.9. The van der Waals surface area contributed by atoms with Crippen molar-refractivity contribution >= 4 is 5.91 Å². The van der Waals surface area contributed by atoms with E-state index in [0.29, 0.717) is 13.0 Å². The third-order valence-electron chi connectivity index (χ3n) is 1.88. The van der Waals surface area contributed by atoms with Crippen LogP contribution in [0.3, 0.4) is 0 Å². The molecule has 2 rings (SSSR count). The molecule has 1 amide bonds. The molecule has 11 heavy (non-hydrogen) atoms. The monoisotopic (exact) mass is 146 g/mol. The van der Waals surface area contributed by atoms with Crippen LogP contribution in [-0.4, -0.2) is 5.91 Å². The summed E-state index contributed by atoms with van der Waals surface area (Å²) in [5, 5.41) is 2.78.